The van der Waals surface area contributed by atoms with E-state index in [4.69, 9.17) is 5.11 Å². The topological polar surface area (TPSA) is 80.9 Å². The Balaban J connectivity index is 2.48. The predicted molar refractivity (Wildman–Crippen MR) is 46.1 cm³/mol. The molecule has 0 amide bonds. The Morgan fingerprint density at radius 3 is 2.87 bits per heavy atom. The van der Waals surface area contributed by atoms with Gasteiger partial charge in [0.15, 0.2) is 11.6 Å². The van der Waals surface area contributed by atoms with Crippen molar-refractivity contribution in [3.63, 3.8) is 0 Å². The molecule has 0 atom stereocenters. The van der Waals surface area contributed by atoms with Crippen LogP contribution in [0.3, 0.4) is 0 Å². The van der Waals surface area contributed by atoms with Gasteiger partial charge in [-0.15, -0.1) is 5.10 Å². The summed E-state index contributed by atoms with van der Waals surface area (Å²) in [4.78, 5) is 14.2. The first-order valence-electron chi connectivity index (χ1n) is 3.94. The van der Waals surface area contributed by atoms with Gasteiger partial charge >= 0.3 is 5.97 Å². The van der Waals surface area contributed by atoms with Crippen LogP contribution in [0.25, 0.3) is 5.82 Å². The number of pyridine rings is 1. The molecular weight excluding hydrogens is 203 g/mol. The number of halogens is 1. The van der Waals surface area contributed by atoms with Crippen LogP contribution in [0.2, 0.25) is 0 Å². The highest BCUT2D eigenvalue weighted by Crippen LogP contribution is 2.10. The van der Waals surface area contributed by atoms with Crippen molar-refractivity contribution in [1.82, 2.24) is 20.0 Å². The van der Waals surface area contributed by atoms with E-state index < -0.39 is 11.8 Å². The zero-order chi connectivity index (χ0) is 10.8. The summed E-state index contributed by atoms with van der Waals surface area (Å²) in [6, 6.07) is 0.881. The van der Waals surface area contributed by atoms with Crippen LogP contribution in [0.15, 0.2) is 24.7 Å². The number of carbonyl (C=O) groups is 1. The first-order chi connectivity index (χ1) is 7.18. The third-order valence-electron chi connectivity index (χ3n) is 1.71. The van der Waals surface area contributed by atoms with Crippen LogP contribution < -0.4 is 0 Å². The minimum atomic E-state index is -1.23. The molecule has 0 fully saturated rings. The lowest BCUT2D eigenvalue weighted by Gasteiger charge is -2.01. The number of hydrogen-bond donors (Lipinski definition) is 1. The van der Waals surface area contributed by atoms with E-state index in [1.165, 1.54) is 12.4 Å². The first-order valence-corrected chi connectivity index (χ1v) is 3.94. The minimum absolute atomic E-state index is 0.0856. The maximum atomic E-state index is 13.4. The molecule has 0 aliphatic carbocycles. The smallest absolute Gasteiger partial charge is 0.337 e. The van der Waals surface area contributed by atoms with E-state index in [2.05, 4.69) is 15.3 Å². The summed E-state index contributed by atoms with van der Waals surface area (Å²) in [6.07, 6.45) is 3.83. The molecule has 1 N–H and O–H groups in total. The van der Waals surface area contributed by atoms with Gasteiger partial charge in [0, 0.05) is 6.20 Å². The molecule has 0 radical (unpaired) electrons. The maximum absolute atomic E-state index is 13.4. The van der Waals surface area contributed by atoms with Gasteiger partial charge in [-0.2, -0.15) is 4.68 Å². The minimum Gasteiger partial charge on any atom is -0.478 e. The molecule has 0 unspecified atom stereocenters. The van der Waals surface area contributed by atoms with Gasteiger partial charge in [0.1, 0.15) is 0 Å². The van der Waals surface area contributed by atoms with Crippen LogP contribution in [-0.2, 0) is 0 Å². The van der Waals surface area contributed by atoms with Gasteiger partial charge in [-0.25, -0.2) is 14.2 Å². The lowest BCUT2D eigenvalue weighted by atomic mass is 10.3. The van der Waals surface area contributed by atoms with E-state index in [-0.39, 0.29) is 11.4 Å². The van der Waals surface area contributed by atoms with Crippen molar-refractivity contribution in [2.24, 2.45) is 0 Å². The summed E-state index contributed by atoms with van der Waals surface area (Å²) < 4.78 is 14.5. The number of rotatable bonds is 2. The van der Waals surface area contributed by atoms with Gasteiger partial charge in [0.05, 0.1) is 18.0 Å². The zero-order valence-corrected chi connectivity index (χ0v) is 7.33. The molecule has 0 bridgehead atoms. The summed E-state index contributed by atoms with van der Waals surface area (Å²) in [5, 5.41) is 15.6. The van der Waals surface area contributed by atoms with Gasteiger partial charge in [-0.3, -0.25) is 0 Å². The zero-order valence-electron chi connectivity index (χ0n) is 7.33. The Morgan fingerprint density at radius 2 is 2.33 bits per heavy atom. The van der Waals surface area contributed by atoms with E-state index in [9.17, 15) is 9.18 Å². The molecule has 2 rings (SSSR count). The predicted octanol–water partition coefficient (Wildman–Crippen LogP) is 0.500. The molecule has 15 heavy (non-hydrogen) atoms. The third-order valence-corrected chi connectivity index (χ3v) is 1.71. The fourth-order valence-corrected chi connectivity index (χ4v) is 1.04. The van der Waals surface area contributed by atoms with Crippen molar-refractivity contribution in [2.75, 3.05) is 0 Å². The average molecular weight is 208 g/mol. The van der Waals surface area contributed by atoms with Crippen molar-refractivity contribution in [3.05, 3.63) is 36.0 Å². The molecule has 6 nitrogen and oxygen atoms in total. The Labute approximate surface area is 83.0 Å². The third kappa shape index (κ3) is 1.66. The Morgan fingerprint density at radius 1 is 1.53 bits per heavy atom. The number of carboxylic acids is 1. The highest BCUT2D eigenvalue weighted by molar-refractivity contribution is 5.87. The lowest BCUT2D eigenvalue weighted by Crippen LogP contribution is -2.05. The number of aromatic nitrogens is 4. The van der Waals surface area contributed by atoms with Gasteiger partial charge < -0.3 is 5.11 Å². The summed E-state index contributed by atoms with van der Waals surface area (Å²) in [5.41, 5.74) is -0.212. The van der Waals surface area contributed by atoms with Gasteiger partial charge in [0.2, 0.25) is 0 Å². The maximum Gasteiger partial charge on any atom is 0.337 e. The molecule has 76 valence electrons. The molecule has 2 heterocycles. The molecule has 0 aromatic carbocycles. The largest absolute Gasteiger partial charge is 0.478 e. The quantitative estimate of drug-likeness (QED) is 0.777. The Kier molecular flexibility index (Phi) is 2.13. The van der Waals surface area contributed by atoms with Gasteiger partial charge in [0.25, 0.3) is 0 Å². The van der Waals surface area contributed by atoms with E-state index >= 15 is 0 Å². The summed E-state index contributed by atoms with van der Waals surface area (Å²) >= 11 is 0. The fourth-order valence-electron chi connectivity index (χ4n) is 1.04. The van der Waals surface area contributed by atoms with Crippen LogP contribution in [0.4, 0.5) is 4.39 Å². The molecule has 0 aliphatic heterocycles. The van der Waals surface area contributed by atoms with Crippen LogP contribution in [0.1, 0.15) is 10.4 Å². The first kappa shape index (κ1) is 9.25. The highest BCUT2D eigenvalue weighted by atomic mass is 19.1. The molecule has 0 saturated heterocycles. The number of carboxylic acid groups (broad SMARTS) is 1. The number of aromatic carboxylic acids is 1. The second-order valence-electron chi connectivity index (χ2n) is 2.68. The van der Waals surface area contributed by atoms with Gasteiger partial charge in [-0.1, -0.05) is 5.21 Å². The van der Waals surface area contributed by atoms with Crippen molar-refractivity contribution < 1.29 is 14.3 Å². The van der Waals surface area contributed by atoms with E-state index in [0.29, 0.717) is 0 Å². The van der Waals surface area contributed by atoms with Crippen LogP contribution in [0, 0.1) is 5.82 Å². The fraction of sp³-hybridized carbons (Fsp3) is 0. The molecule has 0 aliphatic rings. The Hall–Kier alpha value is -2.31. The van der Waals surface area contributed by atoms with Crippen LogP contribution >= 0.6 is 0 Å². The Bertz CT molecular complexity index is 497. The molecule has 0 saturated carbocycles. The van der Waals surface area contributed by atoms with Crippen LogP contribution in [0.5, 0.6) is 0 Å². The summed E-state index contributed by atoms with van der Waals surface area (Å²) in [6.45, 7) is 0. The molecule has 2 aromatic rings. The molecule has 7 heteroatoms. The van der Waals surface area contributed by atoms with Crippen LogP contribution in [-0.4, -0.2) is 31.1 Å². The van der Waals surface area contributed by atoms with E-state index in [0.717, 1.165) is 16.9 Å². The van der Waals surface area contributed by atoms with E-state index in [1.807, 2.05) is 0 Å². The molecule has 2 aromatic heterocycles. The summed E-state index contributed by atoms with van der Waals surface area (Å²) in [7, 11) is 0. The second-order valence-corrected chi connectivity index (χ2v) is 2.68. The number of hydrogen-bond acceptors (Lipinski definition) is 4. The average Bonchev–Trinajstić information content (AvgIpc) is 2.70. The second kappa shape index (κ2) is 3.45. The van der Waals surface area contributed by atoms with Crippen molar-refractivity contribution >= 4 is 5.97 Å². The standard InChI is InChI=1S/C8H5FN4O2/c9-6-3-5(8(14)15)4-10-7(6)13-2-1-11-12-13/h1-4H,(H,14,15). The van der Waals surface area contributed by atoms with E-state index in [1.54, 1.807) is 0 Å². The monoisotopic (exact) mass is 208 g/mol. The van der Waals surface area contributed by atoms with Gasteiger partial charge in [-0.05, 0) is 6.07 Å². The van der Waals surface area contributed by atoms with Crippen molar-refractivity contribution in [2.45, 2.75) is 0 Å². The normalized spacial score (nSPS) is 10.2. The lowest BCUT2D eigenvalue weighted by molar-refractivity contribution is 0.0696. The SMILES string of the molecule is O=C(O)c1cnc(-n2ccnn2)c(F)c1. The van der Waals surface area contributed by atoms with Crippen molar-refractivity contribution in [1.29, 1.82) is 0 Å². The summed E-state index contributed by atoms with van der Waals surface area (Å²) in [5.74, 6) is -2.08. The highest BCUT2D eigenvalue weighted by Gasteiger charge is 2.11. The molecule has 0 spiro atoms. The molecular formula is C8H5FN4O2. The van der Waals surface area contributed by atoms with Crippen molar-refractivity contribution in [3.8, 4) is 5.82 Å². The number of nitrogens with zero attached hydrogens (tertiary/aromatic N) is 4.